The van der Waals surface area contributed by atoms with Gasteiger partial charge < -0.3 is 5.32 Å². The predicted molar refractivity (Wildman–Crippen MR) is 72.2 cm³/mol. The molecule has 3 aliphatic rings. The van der Waals surface area contributed by atoms with E-state index in [4.69, 9.17) is 0 Å². The molecule has 0 spiro atoms. The van der Waals surface area contributed by atoms with Gasteiger partial charge in [0, 0.05) is 24.7 Å². The van der Waals surface area contributed by atoms with Crippen LogP contribution in [-0.2, 0) is 0 Å². The molecule has 98 valence electrons. The van der Waals surface area contributed by atoms with Gasteiger partial charge in [-0.25, -0.2) is 0 Å². The Labute approximate surface area is 106 Å². The monoisotopic (exact) mass is 236 g/mol. The lowest BCUT2D eigenvalue weighted by atomic mass is 9.98. The molecular weight excluding hydrogens is 208 g/mol. The zero-order valence-electron chi connectivity index (χ0n) is 11.3. The summed E-state index contributed by atoms with van der Waals surface area (Å²) in [6, 6.07) is 2.68. The molecule has 0 aromatic carbocycles. The van der Waals surface area contributed by atoms with Crippen molar-refractivity contribution in [3.8, 4) is 0 Å². The molecule has 3 atom stereocenters. The second-order valence-corrected chi connectivity index (χ2v) is 6.39. The Balaban J connectivity index is 1.62. The van der Waals surface area contributed by atoms with Crippen molar-refractivity contribution in [1.29, 1.82) is 0 Å². The van der Waals surface area contributed by atoms with Gasteiger partial charge >= 0.3 is 0 Å². The van der Waals surface area contributed by atoms with E-state index in [1.54, 1.807) is 0 Å². The number of nitrogens with one attached hydrogen (secondary N) is 1. The minimum Gasteiger partial charge on any atom is -0.313 e. The average Bonchev–Trinajstić information content (AvgIpc) is 2.89. The van der Waals surface area contributed by atoms with Crippen molar-refractivity contribution in [2.75, 3.05) is 13.1 Å². The highest BCUT2D eigenvalue weighted by Crippen LogP contribution is 2.38. The summed E-state index contributed by atoms with van der Waals surface area (Å²) in [6.07, 6.45) is 11.6. The summed E-state index contributed by atoms with van der Waals surface area (Å²) in [6.45, 7) is 4.98. The predicted octanol–water partition coefficient (Wildman–Crippen LogP) is 2.78. The van der Waals surface area contributed by atoms with Crippen molar-refractivity contribution >= 4 is 0 Å². The zero-order valence-corrected chi connectivity index (χ0v) is 11.3. The fourth-order valence-electron chi connectivity index (χ4n) is 4.06. The molecule has 2 heteroatoms. The fraction of sp³-hybridized carbons (Fsp3) is 1.00. The molecule has 3 fully saturated rings. The Morgan fingerprint density at radius 1 is 1.06 bits per heavy atom. The van der Waals surface area contributed by atoms with E-state index in [2.05, 4.69) is 17.1 Å². The van der Waals surface area contributed by atoms with Crippen LogP contribution in [0.2, 0.25) is 0 Å². The smallest absolute Gasteiger partial charge is 0.0195 e. The van der Waals surface area contributed by atoms with E-state index in [0.717, 1.165) is 24.0 Å². The van der Waals surface area contributed by atoms with Crippen LogP contribution in [0.25, 0.3) is 0 Å². The van der Waals surface area contributed by atoms with Crippen LogP contribution in [0.15, 0.2) is 0 Å². The maximum Gasteiger partial charge on any atom is 0.0195 e. The molecule has 3 rings (SSSR count). The van der Waals surface area contributed by atoms with E-state index in [1.807, 2.05) is 0 Å². The van der Waals surface area contributed by atoms with Crippen LogP contribution in [-0.4, -0.2) is 36.1 Å². The summed E-state index contributed by atoms with van der Waals surface area (Å²) in [5.74, 6) is 0.997. The lowest BCUT2D eigenvalue weighted by molar-refractivity contribution is 0.135. The molecule has 1 saturated heterocycles. The standard InChI is InChI=1S/C15H28N2/c1-2-12-5-3-7-15(12)17(14-8-9-14)11-13-6-4-10-16-13/h12-16H,2-11H2,1H3. The highest BCUT2D eigenvalue weighted by Gasteiger charge is 2.40. The van der Waals surface area contributed by atoms with Gasteiger partial charge in [-0.05, 0) is 51.0 Å². The summed E-state index contributed by atoms with van der Waals surface area (Å²) in [5, 5.41) is 3.68. The molecule has 1 aliphatic heterocycles. The van der Waals surface area contributed by atoms with E-state index in [0.29, 0.717) is 0 Å². The van der Waals surface area contributed by atoms with Crippen LogP contribution in [0.4, 0.5) is 0 Å². The SMILES string of the molecule is CCC1CCCC1N(CC1CCCN1)C1CC1. The lowest BCUT2D eigenvalue weighted by Gasteiger charge is -2.35. The van der Waals surface area contributed by atoms with Crippen molar-refractivity contribution < 1.29 is 0 Å². The third kappa shape index (κ3) is 2.68. The van der Waals surface area contributed by atoms with Gasteiger partial charge in [-0.2, -0.15) is 0 Å². The molecule has 0 bridgehead atoms. The first-order chi connectivity index (χ1) is 8.38. The zero-order chi connectivity index (χ0) is 11.7. The van der Waals surface area contributed by atoms with Crippen molar-refractivity contribution in [3.05, 3.63) is 0 Å². The largest absolute Gasteiger partial charge is 0.313 e. The highest BCUT2D eigenvalue weighted by molar-refractivity contribution is 4.95. The molecule has 0 aromatic heterocycles. The van der Waals surface area contributed by atoms with Crippen LogP contribution in [0, 0.1) is 5.92 Å². The van der Waals surface area contributed by atoms with Crippen LogP contribution in [0.5, 0.6) is 0 Å². The topological polar surface area (TPSA) is 15.3 Å². The van der Waals surface area contributed by atoms with Crippen LogP contribution < -0.4 is 5.32 Å². The Bertz CT molecular complexity index is 243. The molecule has 17 heavy (non-hydrogen) atoms. The summed E-state index contributed by atoms with van der Waals surface area (Å²) in [4.78, 5) is 2.91. The van der Waals surface area contributed by atoms with E-state index >= 15 is 0 Å². The van der Waals surface area contributed by atoms with E-state index in [9.17, 15) is 0 Å². The molecule has 2 aliphatic carbocycles. The average molecular weight is 236 g/mol. The van der Waals surface area contributed by atoms with Gasteiger partial charge in [0.15, 0.2) is 0 Å². The van der Waals surface area contributed by atoms with Crippen molar-refractivity contribution in [2.45, 2.75) is 76.4 Å². The summed E-state index contributed by atoms with van der Waals surface area (Å²) in [7, 11) is 0. The molecule has 1 heterocycles. The van der Waals surface area contributed by atoms with Crippen molar-refractivity contribution in [1.82, 2.24) is 10.2 Å². The molecular formula is C15H28N2. The van der Waals surface area contributed by atoms with Gasteiger partial charge in [-0.15, -0.1) is 0 Å². The van der Waals surface area contributed by atoms with Crippen LogP contribution in [0.3, 0.4) is 0 Å². The summed E-state index contributed by atoms with van der Waals surface area (Å²) in [5.41, 5.74) is 0. The Morgan fingerprint density at radius 3 is 2.59 bits per heavy atom. The molecule has 1 N–H and O–H groups in total. The molecule has 3 unspecified atom stereocenters. The molecule has 0 radical (unpaired) electrons. The van der Waals surface area contributed by atoms with E-state index < -0.39 is 0 Å². The lowest BCUT2D eigenvalue weighted by Crippen LogP contribution is -2.46. The van der Waals surface area contributed by atoms with Gasteiger partial charge in [0.1, 0.15) is 0 Å². The maximum atomic E-state index is 3.68. The maximum absolute atomic E-state index is 3.68. The number of hydrogen-bond acceptors (Lipinski definition) is 2. The first kappa shape index (κ1) is 12.0. The normalized spacial score (nSPS) is 38.1. The Morgan fingerprint density at radius 2 is 1.94 bits per heavy atom. The third-order valence-electron chi connectivity index (χ3n) is 5.18. The van der Waals surface area contributed by atoms with Gasteiger partial charge in [0.05, 0.1) is 0 Å². The molecule has 0 amide bonds. The van der Waals surface area contributed by atoms with Crippen LogP contribution >= 0.6 is 0 Å². The third-order valence-corrected chi connectivity index (χ3v) is 5.18. The Hall–Kier alpha value is -0.0800. The molecule has 2 saturated carbocycles. The first-order valence-electron chi connectivity index (χ1n) is 7.87. The van der Waals surface area contributed by atoms with Crippen molar-refractivity contribution in [3.63, 3.8) is 0 Å². The number of hydrogen-bond donors (Lipinski definition) is 1. The quantitative estimate of drug-likeness (QED) is 0.789. The summed E-state index contributed by atoms with van der Waals surface area (Å²) < 4.78 is 0. The van der Waals surface area contributed by atoms with E-state index in [1.165, 1.54) is 64.5 Å². The fourth-order valence-corrected chi connectivity index (χ4v) is 4.06. The van der Waals surface area contributed by atoms with Gasteiger partial charge in [-0.1, -0.05) is 19.8 Å². The highest BCUT2D eigenvalue weighted by atomic mass is 15.2. The number of nitrogens with zero attached hydrogens (tertiary/aromatic N) is 1. The van der Waals surface area contributed by atoms with Crippen molar-refractivity contribution in [2.24, 2.45) is 5.92 Å². The van der Waals surface area contributed by atoms with Gasteiger partial charge in [0.2, 0.25) is 0 Å². The van der Waals surface area contributed by atoms with E-state index in [-0.39, 0.29) is 0 Å². The summed E-state index contributed by atoms with van der Waals surface area (Å²) >= 11 is 0. The van der Waals surface area contributed by atoms with Crippen LogP contribution in [0.1, 0.15) is 58.3 Å². The van der Waals surface area contributed by atoms with Gasteiger partial charge in [0.25, 0.3) is 0 Å². The first-order valence-corrected chi connectivity index (χ1v) is 7.87. The van der Waals surface area contributed by atoms with Gasteiger partial charge in [-0.3, -0.25) is 4.90 Å². The molecule has 0 aromatic rings. The second kappa shape index (κ2) is 5.27. The minimum absolute atomic E-state index is 0.800. The number of rotatable bonds is 5. The molecule has 2 nitrogen and oxygen atoms in total. The second-order valence-electron chi connectivity index (χ2n) is 6.39. The Kier molecular flexibility index (Phi) is 3.72. The minimum atomic E-state index is 0.800.